The molecule has 0 amide bonds. The van der Waals surface area contributed by atoms with Crippen molar-refractivity contribution in [2.75, 3.05) is 12.4 Å². The average molecular weight is 208 g/mol. The summed E-state index contributed by atoms with van der Waals surface area (Å²) in [6.45, 7) is 6.32. The highest BCUT2D eigenvalue weighted by Gasteiger charge is 2.09. The van der Waals surface area contributed by atoms with Gasteiger partial charge in [-0.1, -0.05) is 13.8 Å². The minimum atomic E-state index is 0.466. The number of pyridine rings is 1. The fourth-order valence-corrected chi connectivity index (χ4v) is 1.50. The van der Waals surface area contributed by atoms with Crippen LogP contribution in [-0.2, 0) is 0 Å². The topological polar surface area (TPSA) is 34.2 Å². The van der Waals surface area contributed by atoms with E-state index in [2.05, 4.69) is 24.1 Å². The molecule has 0 aliphatic carbocycles. The molecule has 1 rings (SSSR count). The van der Waals surface area contributed by atoms with Crippen molar-refractivity contribution in [2.24, 2.45) is 0 Å². The Morgan fingerprint density at radius 1 is 1.33 bits per heavy atom. The molecular weight excluding hydrogens is 188 g/mol. The van der Waals surface area contributed by atoms with E-state index in [1.54, 1.807) is 7.11 Å². The van der Waals surface area contributed by atoms with Crippen molar-refractivity contribution >= 4 is 5.82 Å². The van der Waals surface area contributed by atoms with E-state index in [0.717, 1.165) is 30.1 Å². The highest BCUT2D eigenvalue weighted by molar-refractivity contribution is 5.51. The van der Waals surface area contributed by atoms with Gasteiger partial charge < -0.3 is 10.1 Å². The fraction of sp³-hybridized carbons (Fsp3) is 0.583. The van der Waals surface area contributed by atoms with Gasteiger partial charge in [-0.3, -0.25) is 0 Å². The molecule has 0 spiro atoms. The van der Waals surface area contributed by atoms with Gasteiger partial charge in [-0.25, -0.2) is 4.98 Å². The Kier molecular flexibility index (Phi) is 4.40. The van der Waals surface area contributed by atoms with Crippen LogP contribution in [0.15, 0.2) is 12.1 Å². The molecule has 0 aliphatic rings. The highest BCUT2D eigenvalue weighted by atomic mass is 16.5. The lowest BCUT2D eigenvalue weighted by molar-refractivity contribution is 0.413. The first-order valence-electron chi connectivity index (χ1n) is 5.49. The lowest BCUT2D eigenvalue weighted by Gasteiger charge is -2.17. The van der Waals surface area contributed by atoms with Crippen molar-refractivity contribution in [2.45, 2.75) is 39.7 Å². The molecule has 0 aromatic carbocycles. The van der Waals surface area contributed by atoms with Crippen LogP contribution in [0.3, 0.4) is 0 Å². The normalized spacial score (nSPS) is 10.5. The minimum absolute atomic E-state index is 0.466. The van der Waals surface area contributed by atoms with Crippen LogP contribution in [0.5, 0.6) is 5.75 Å². The highest BCUT2D eigenvalue weighted by Crippen LogP contribution is 2.23. The summed E-state index contributed by atoms with van der Waals surface area (Å²) in [4.78, 5) is 4.44. The van der Waals surface area contributed by atoms with Crippen LogP contribution >= 0.6 is 0 Å². The Morgan fingerprint density at radius 3 is 2.53 bits per heavy atom. The molecule has 84 valence electrons. The Balaban J connectivity index is 2.86. The first-order chi connectivity index (χ1) is 7.21. The molecule has 0 fully saturated rings. The molecule has 3 nitrogen and oxygen atoms in total. The van der Waals surface area contributed by atoms with Crippen LogP contribution in [0.2, 0.25) is 0 Å². The van der Waals surface area contributed by atoms with Crippen molar-refractivity contribution in [3.8, 4) is 5.75 Å². The maximum absolute atomic E-state index is 5.27. The second-order valence-corrected chi connectivity index (χ2v) is 3.66. The molecule has 0 bridgehead atoms. The van der Waals surface area contributed by atoms with Crippen LogP contribution in [0.1, 0.15) is 32.4 Å². The van der Waals surface area contributed by atoms with E-state index in [1.807, 2.05) is 19.1 Å². The van der Waals surface area contributed by atoms with Gasteiger partial charge in [0.2, 0.25) is 0 Å². The smallest absolute Gasteiger partial charge is 0.169 e. The Labute approximate surface area is 91.9 Å². The van der Waals surface area contributed by atoms with E-state index >= 15 is 0 Å². The standard InChI is InChI=1S/C12H20N2O/c1-5-10(6-2)14-12-11(15-4)8-7-9(3)13-12/h7-8,10H,5-6H2,1-4H3,(H,13,14). The molecule has 1 aromatic heterocycles. The number of methoxy groups -OCH3 is 1. The summed E-state index contributed by atoms with van der Waals surface area (Å²) < 4.78 is 5.27. The van der Waals surface area contributed by atoms with Gasteiger partial charge >= 0.3 is 0 Å². The first kappa shape index (κ1) is 11.8. The third-order valence-corrected chi connectivity index (χ3v) is 2.54. The van der Waals surface area contributed by atoms with Gasteiger partial charge in [-0.15, -0.1) is 0 Å². The summed E-state index contributed by atoms with van der Waals surface area (Å²) in [6, 6.07) is 4.37. The Bertz CT molecular complexity index is 308. The van der Waals surface area contributed by atoms with Crippen LogP contribution in [0, 0.1) is 6.92 Å². The van der Waals surface area contributed by atoms with Gasteiger partial charge in [0.25, 0.3) is 0 Å². The zero-order valence-electron chi connectivity index (χ0n) is 10.0. The van der Waals surface area contributed by atoms with Gasteiger partial charge in [0.15, 0.2) is 11.6 Å². The number of hydrogen-bond donors (Lipinski definition) is 1. The molecule has 15 heavy (non-hydrogen) atoms. The average Bonchev–Trinajstić information content (AvgIpc) is 2.26. The molecule has 0 saturated carbocycles. The summed E-state index contributed by atoms with van der Waals surface area (Å²) in [5, 5.41) is 3.40. The summed E-state index contributed by atoms with van der Waals surface area (Å²) >= 11 is 0. The molecule has 3 heteroatoms. The molecular formula is C12H20N2O. The van der Waals surface area contributed by atoms with E-state index < -0.39 is 0 Å². The molecule has 1 N–H and O–H groups in total. The Hall–Kier alpha value is -1.25. The molecule has 0 radical (unpaired) electrons. The number of aromatic nitrogens is 1. The molecule has 0 saturated heterocycles. The maximum Gasteiger partial charge on any atom is 0.169 e. The predicted molar refractivity (Wildman–Crippen MR) is 63.5 cm³/mol. The lowest BCUT2D eigenvalue weighted by atomic mass is 10.2. The van der Waals surface area contributed by atoms with Gasteiger partial charge in [-0.2, -0.15) is 0 Å². The van der Waals surface area contributed by atoms with E-state index in [-0.39, 0.29) is 0 Å². The third kappa shape index (κ3) is 3.11. The second-order valence-electron chi connectivity index (χ2n) is 3.66. The number of anilines is 1. The second kappa shape index (κ2) is 5.59. The third-order valence-electron chi connectivity index (χ3n) is 2.54. The number of nitrogens with zero attached hydrogens (tertiary/aromatic N) is 1. The first-order valence-corrected chi connectivity index (χ1v) is 5.49. The van der Waals surface area contributed by atoms with Gasteiger partial charge in [0, 0.05) is 11.7 Å². The van der Waals surface area contributed by atoms with Crippen LogP contribution < -0.4 is 10.1 Å². The summed E-state index contributed by atoms with van der Waals surface area (Å²) in [5.74, 6) is 1.67. The van der Waals surface area contributed by atoms with Gasteiger partial charge in [0.05, 0.1) is 7.11 Å². The number of nitrogens with one attached hydrogen (secondary N) is 1. The number of rotatable bonds is 5. The van der Waals surface area contributed by atoms with Gasteiger partial charge in [-0.05, 0) is 31.9 Å². The molecule has 0 unspecified atom stereocenters. The largest absolute Gasteiger partial charge is 0.493 e. The minimum Gasteiger partial charge on any atom is -0.493 e. The monoisotopic (exact) mass is 208 g/mol. The van der Waals surface area contributed by atoms with Gasteiger partial charge in [0.1, 0.15) is 0 Å². The summed E-state index contributed by atoms with van der Waals surface area (Å²) in [5.41, 5.74) is 1.00. The number of ether oxygens (including phenoxy) is 1. The fourth-order valence-electron chi connectivity index (χ4n) is 1.50. The zero-order valence-corrected chi connectivity index (χ0v) is 10.0. The van der Waals surface area contributed by atoms with E-state index in [1.165, 1.54) is 0 Å². The van der Waals surface area contributed by atoms with Crippen molar-refractivity contribution in [3.05, 3.63) is 17.8 Å². The van der Waals surface area contributed by atoms with Crippen molar-refractivity contribution in [1.29, 1.82) is 0 Å². The van der Waals surface area contributed by atoms with Crippen molar-refractivity contribution in [3.63, 3.8) is 0 Å². The SMILES string of the molecule is CCC(CC)Nc1nc(C)ccc1OC. The Morgan fingerprint density at radius 2 is 2.00 bits per heavy atom. The van der Waals surface area contributed by atoms with Crippen LogP contribution in [-0.4, -0.2) is 18.1 Å². The summed E-state index contributed by atoms with van der Waals surface area (Å²) in [6.07, 6.45) is 2.19. The zero-order chi connectivity index (χ0) is 11.3. The molecule has 0 atom stereocenters. The van der Waals surface area contributed by atoms with E-state index in [4.69, 9.17) is 4.74 Å². The number of aryl methyl sites for hydroxylation is 1. The number of hydrogen-bond acceptors (Lipinski definition) is 3. The molecule has 1 heterocycles. The lowest BCUT2D eigenvalue weighted by Crippen LogP contribution is -2.18. The van der Waals surface area contributed by atoms with Crippen molar-refractivity contribution < 1.29 is 4.74 Å². The quantitative estimate of drug-likeness (QED) is 0.807. The molecule has 0 aliphatic heterocycles. The van der Waals surface area contributed by atoms with E-state index in [0.29, 0.717) is 6.04 Å². The van der Waals surface area contributed by atoms with E-state index in [9.17, 15) is 0 Å². The molecule has 1 aromatic rings. The van der Waals surface area contributed by atoms with Crippen molar-refractivity contribution in [1.82, 2.24) is 4.98 Å². The van der Waals surface area contributed by atoms with Crippen LogP contribution in [0.25, 0.3) is 0 Å². The summed E-state index contributed by atoms with van der Waals surface area (Å²) in [7, 11) is 1.67. The predicted octanol–water partition coefficient (Wildman–Crippen LogP) is 3.00. The van der Waals surface area contributed by atoms with Crippen LogP contribution in [0.4, 0.5) is 5.82 Å². The maximum atomic E-state index is 5.27.